The van der Waals surface area contributed by atoms with Crippen LogP contribution >= 0.6 is 0 Å². The van der Waals surface area contributed by atoms with Crippen LogP contribution in [0.15, 0.2) is 18.2 Å². The predicted molar refractivity (Wildman–Crippen MR) is 62.6 cm³/mol. The van der Waals surface area contributed by atoms with Crippen molar-refractivity contribution in [1.29, 1.82) is 0 Å². The van der Waals surface area contributed by atoms with E-state index < -0.39 is 0 Å². The summed E-state index contributed by atoms with van der Waals surface area (Å²) in [6, 6.07) is 4.87. The Balaban J connectivity index is 2.71. The van der Waals surface area contributed by atoms with E-state index in [1.807, 2.05) is 24.5 Å². The highest BCUT2D eigenvalue weighted by Crippen LogP contribution is 2.23. The van der Waals surface area contributed by atoms with Crippen LogP contribution in [0.1, 0.15) is 32.1 Å². The number of rotatable bonds is 3. The number of aromatic nitrogens is 2. The molecule has 0 spiro atoms. The van der Waals surface area contributed by atoms with Gasteiger partial charge in [-0.05, 0) is 25.5 Å². The summed E-state index contributed by atoms with van der Waals surface area (Å²) in [5, 5.41) is 0. The number of benzene rings is 1. The first-order chi connectivity index (χ1) is 7.69. The molecule has 1 aromatic heterocycles. The Hall–Kier alpha value is -1.42. The maximum Gasteiger partial charge on any atom is 0.151 e. The van der Waals surface area contributed by atoms with E-state index in [4.69, 9.17) is 5.73 Å². The van der Waals surface area contributed by atoms with Gasteiger partial charge in [-0.3, -0.25) is 0 Å². The van der Waals surface area contributed by atoms with Crippen LogP contribution in [0.25, 0.3) is 11.0 Å². The molecular weight excluding hydrogens is 205 g/mol. The van der Waals surface area contributed by atoms with Gasteiger partial charge in [-0.25, -0.2) is 9.37 Å². The maximum atomic E-state index is 13.6. The lowest BCUT2D eigenvalue weighted by atomic mass is 10.2. The fourth-order valence-corrected chi connectivity index (χ4v) is 1.93. The van der Waals surface area contributed by atoms with E-state index in [1.165, 1.54) is 6.07 Å². The zero-order valence-corrected chi connectivity index (χ0v) is 9.57. The van der Waals surface area contributed by atoms with Gasteiger partial charge in [-0.15, -0.1) is 0 Å². The lowest BCUT2D eigenvalue weighted by Crippen LogP contribution is -2.15. The Bertz CT molecular complexity index is 504. The summed E-state index contributed by atoms with van der Waals surface area (Å²) >= 11 is 0. The van der Waals surface area contributed by atoms with Crippen molar-refractivity contribution in [1.82, 2.24) is 9.55 Å². The van der Waals surface area contributed by atoms with Gasteiger partial charge in [0.25, 0.3) is 0 Å². The van der Waals surface area contributed by atoms with Gasteiger partial charge in [-0.1, -0.05) is 13.0 Å². The predicted octanol–water partition coefficient (Wildman–Crippen LogP) is 2.61. The third kappa shape index (κ3) is 1.59. The van der Waals surface area contributed by atoms with Gasteiger partial charge in [0.1, 0.15) is 11.3 Å². The molecule has 2 N–H and O–H groups in total. The number of imidazole rings is 1. The molecule has 0 aliphatic carbocycles. The zero-order valence-electron chi connectivity index (χ0n) is 9.57. The van der Waals surface area contributed by atoms with Crippen molar-refractivity contribution in [3.8, 4) is 0 Å². The number of nitrogens with two attached hydrogens (primary N) is 1. The average molecular weight is 221 g/mol. The second-order valence-electron chi connectivity index (χ2n) is 3.84. The standard InChI is InChI=1S/C12H16FN3/c1-3-9(14)12-15-11-8(13)6-5-7-10(11)16(12)4-2/h5-7,9H,3-4,14H2,1-2H3. The number of fused-ring (bicyclic) bond motifs is 1. The molecule has 2 rings (SSSR count). The van der Waals surface area contributed by atoms with Gasteiger partial charge in [0.2, 0.25) is 0 Å². The molecule has 0 saturated carbocycles. The van der Waals surface area contributed by atoms with Crippen molar-refractivity contribution in [2.75, 3.05) is 0 Å². The summed E-state index contributed by atoms with van der Waals surface area (Å²) in [4.78, 5) is 4.32. The average Bonchev–Trinajstić information content (AvgIpc) is 2.68. The highest BCUT2D eigenvalue weighted by Gasteiger charge is 2.16. The van der Waals surface area contributed by atoms with E-state index in [2.05, 4.69) is 4.98 Å². The smallest absolute Gasteiger partial charge is 0.151 e. The second kappa shape index (κ2) is 4.22. The van der Waals surface area contributed by atoms with E-state index in [-0.39, 0.29) is 11.9 Å². The minimum atomic E-state index is -0.283. The summed E-state index contributed by atoms with van der Waals surface area (Å²) in [7, 11) is 0. The zero-order chi connectivity index (χ0) is 11.7. The van der Waals surface area contributed by atoms with Gasteiger partial charge >= 0.3 is 0 Å². The SMILES string of the molecule is CCC(N)c1nc2c(F)cccc2n1CC. The van der Waals surface area contributed by atoms with E-state index in [9.17, 15) is 4.39 Å². The van der Waals surface area contributed by atoms with E-state index in [0.717, 1.165) is 24.3 Å². The molecule has 16 heavy (non-hydrogen) atoms. The quantitative estimate of drug-likeness (QED) is 0.865. The van der Waals surface area contributed by atoms with Gasteiger partial charge in [-0.2, -0.15) is 0 Å². The third-order valence-electron chi connectivity index (χ3n) is 2.85. The van der Waals surface area contributed by atoms with Crippen LogP contribution in [0.4, 0.5) is 4.39 Å². The van der Waals surface area contributed by atoms with Crippen molar-refractivity contribution in [2.24, 2.45) is 5.73 Å². The minimum absolute atomic E-state index is 0.133. The Morgan fingerprint density at radius 3 is 2.81 bits per heavy atom. The topological polar surface area (TPSA) is 43.8 Å². The van der Waals surface area contributed by atoms with Crippen LogP contribution in [0, 0.1) is 5.82 Å². The van der Waals surface area contributed by atoms with Gasteiger partial charge in [0.15, 0.2) is 5.82 Å². The van der Waals surface area contributed by atoms with Crippen molar-refractivity contribution in [2.45, 2.75) is 32.9 Å². The Morgan fingerprint density at radius 2 is 2.19 bits per heavy atom. The van der Waals surface area contributed by atoms with Crippen LogP contribution in [-0.4, -0.2) is 9.55 Å². The summed E-state index contributed by atoms with van der Waals surface area (Å²) in [5.74, 6) is 0.486. The first kappa shape index (κ1) is 11.1. The molecule has 0 fully saturated rings. The fraction of sp³-hybridized carbons (Fsp3) is 0.417. The molecule has 4 heteroatoms. The number of hydrogen-bond acceptors (Lipinski definition) is 2. The normalized spacial score (nSPS) is 13.2. The molecule has 0 radical (unpaired) electrons. The number of nitrogens with zero attached hydrogens (tertiary/aromatic N) is 2. The highest BCUT2D eigenvalue weighted by molar-refractivity contribution is 5.76. The molecule has 1 aromatic carbocycles. The molecule has 1 unspecified atom stereocenters. The van der Waals surface area contributed by atoms with Gasteiger partial charge in [0, 0.05) is 6.54 Å². The monoisotopic (exact) mass is 221 g/mol. The van der Waals surface area contributed by atoms with Crippen molar-refractivity contribution >= 4 is 11.0 Å². The Labute approximate surface area is 94.1 Å². The summed E-state index contributed by atoms with van der Waals surface area (Å²) < 4.78 is 15.5. The molecule has 3 nitrogen and oxygen atoms in total. The maximum absolute atomic E-state index is 13.6. The molecule has 86 valence electrons. The van der Waals surface area contributed by atoms with Gasteiger partial charge < -0.3 is 10.3 Å². The number of para-hydroxylation sites is 1. The molecule has 0 amide bonds. The second-order valence-corrected chi connectivity index (χ2v) is 3.84. The molecular formula is C12H16FN3. The largest absolute Gasteiger partial charge is 0.327 e. The van der Waals surface area contributed by atoms with Crippen molar-refractivity contribution in [3.05, 3.63) is 29.8 Å². The molecule has 1 atom stereocenters. The van der Waals surface area contributed by atoms with Gasteiger partial charge in [0.05, 0.1) is 11.6 Å². The molecule has 2 aromatic rings. The van der Waals surface area contributed by atoms with Crippen molar-refractivity contribution in [3.63, 3.8) is 0 Å². The first-order valence-corrected chi connectivity index (χ1v) is 5.59. The van der Waals surface area contributed by atoms with Crippen LogP contribution in [0.5, 0.6) is 0 Å². The molecule has 0 saturated heterocycles. The Morgan fingerprint density at radius 1 is 1.44 bits per heavy atom. The summed E-state index contributed by atoms with van der Waals surface area (Å²) in [5.41, 5.74) is 7.22. The molecule has 1 heterocycles. The minimum Gasteiger partial charge on any atom is -0.327 e. The summed E-state index contributed by atoms with van der Waals surface area (Å²) in [6.07, 6.45) is 0.797. The lowest BCUT2D eigenvalue weighted by Gasteiger charge is -2.10. The van der Waals surface area contributed by atoms with E-state index in [1.54, 1.807) is 6.07 Å². The first-order valence-electron chi connectivity index (χ1n) is 5.59. The molecule has 0 aliphatic heterocycles. The third-order valence-corrected chi connectivity index (χ3v) is 2.85. The fourth-order valence-electron chi connectivity index (χ4n) is 1.93. The van der Waals surface area contributed by atoms with E-state index in [0.29, 0.717) is 5.52 Å². The molecule has 0 aliphatic rings. The molecule has 0 bridgehead atoms. The van der Waals surface area contributed by atoms with Crippen LogP contribution < -0.4 is 5.73 Å². The Kier molecular flexibility index (Phi) is 2.92. The number of aryl methyl sites for hydroxylation is 1. The summed E-state index contributed by atoms with van der Waals surface area (Å²) in [6.45, 7) is 4.77. The lowest BCUT2D eigenvalue weighted by molar-refractivity contribution is 0.596. The number of halogens is 1. The number of hydrogen-bond donors (Lipinski definition) is 1. The van der Waals surface area contributed by atoms with E-state index >= 15 is 0 Å². The van der Waals surface area contributed by atoms with Crippen LogP contribution in [0.2, 0.25) is 0 Å². The van der Waals surface area contributed by atoms with Crippen molar-refractivity contribution < 1.29 is 4.39 Å². The highest BCUT2D eigenvalue weighted by atomic mass is 19.1. The van der Waals surface area contributed by atoms with Crippen LogP contribution in [-0.2, 0) is 6.54 Å². The van der Waals surface area contributed by atoms with Crippen LogP contribution in [0.3, 0.4) is 0 Å².